The number of hydrogen-bond donors (Lipinski definition) is 1. The number of benzene rings is 1. The lowest BCUT2D eigenvalue weighted by atomic mass is 9.70. The van der Waals surface area contributed by atoms with Crippen molar-refractivity contribution in [2.24, 2.45) is 11.3 Å². The van der Waals surface area contributed by atoms with E-state index in [2.05, 4.69) is 51.1 Å². The van der Waals surface area contributed by atoms with Crippen LogP contribution >= 0.6 is 0 Å². The molecular formula is C18H28O. The van der Waals surface area contributed by atoms with E-state index in [9.17, 15) is 5.11 Å². The summed E-state index contributed by atoms with van der Waals surface area (Å²) in [7, 11) is 0. The first kappa shape index (κ1) is 14.6. The number of aliphatic hydroxyl groups is 1. The van der Waals surface area contributed by atoms with E-state index in [0.29, 0.717) is 11.3 Å². The Balaban J connectivity index is 2.07. The molecule has 0 bridgehead atoms. The number of aliphatic hydroxyl groups excluding tert-OH is 1. The Hall–Kier alpha value is -0.820. The van der Waals surface area contributed by atoms with Crippen LogP contribution in [0.15, 0.2) is 30.3 Å². The molecule has 1 heteroatoms. The lowest BCUT2D eigenvalue weighted by Crippen LogP contribution is -2.25. The molecule has 0 aliphatic heterocycles. The Kier molecular flexibility index (Phi) is 4.67. The lowest BCUT2D eigenvalue weighted by Gasteiger charge is -2.36. The van der Waals surface area contributed by atoms with Gasteiger partial charge in [0.25, 0.3) is 0 Å². The van der Waals surface area contributed by atoms with Crippen molar-refractivity contribution in [3.63, 3.8) is 0 Å². The van der Waals surface area contributed by atoms with Crippen molar-refractivity contribution >= 4 is 0 Å². The van der Waals surface area contributed by atoms with Crippen LogP contribution in [0.4, 0.5) is 0 Å². The highest BCUT2D eigenvalue weighted by molar-refractivity contribution is 5.21. The molecule has 0 heterocycles. The van der Waals surface area contributed by atoms with Gasteiger partial charge in [0.1, 0.15) is 0 Å². The second kappa shape index (κ2) is 6.09. The van der Waals surface area contributed by atoms with E-state index in [1.165, 1.54) is 24.8 Å². The van der Waals surface area contributed by atoms with Crippen LogP contribution in [0.3, 0.4) is 0 Å². The maximum atomic E-state index is 9.64. The summed E-state index contributed by atoms with van der Waals surface area (Å²) in [5.41, 5.74) is 1.78. The summed E-state index contributed by atoms with van der Waals surface area (Å²) in [4.78, 5) is 0. The van der Waals surface area contributed by atoms with Crippen molar-refractivity contribution < 1.29 is 5.11 Å². The highest BCUT2D eigenvalue weighted by Crippen LogP contribution is 2.42. The molecular weight excluding hydrogens is 232 g/mol. The molecule has 1 atom stereocenters. The average Bonchev–Trinajstić information content (AvgIpc) is 2.37. The number of rotatable bonds is 3. The Labute approximate surface area is 118 Å². The van der Waals surface area contributed by atoms with Gasteiger partial charge in [-0.3, -0.25) is 0 Å². The van der Waals surface area contributed by atoms with E-state index in [1.807, 2.05) is 0 Å². The van der Waals surface area contributed by atoms with Crippen LogP contribution in [0.1, 0.15) is 64.4 Å². The third kappa shape index (κ3) is 4.07. The summed E-state index contributed by atoms with van der Waals surface area (Å²) in [5.74, 6) is 1.40. The van der Waals surface area contributed by atoms with Crippen molar-refractivity contribution in [3.05, 3.63) is 35.9 Å². The zero-order chi connectivity index (χ0) is 13.9. The fourth-order valence-corrected chi connectivity index (χ4v) is 3.39. The molecule has 106 valence electrons. The summed E-state index contributed by atoms with van der Waals surface area (Å²) < 4.78 is 0. The standard InChI is InChI=1S/C18H28O/c1-18(2,3)17(15-7-5-4-6-8-15)13-14-9-11-16(19)12-10-14/h4-8,14,16-17,19H,9-13H2,1-3H3. The van der Waals surface area contributed by atoms with Gasteiger partial charge >= 0.3 is 0 Å². The van der Waals surface area contributed by atoms with Crippen molar-refractivity contribution in [2.75, 3.05) is 0 Å². The third-order valence-corrected chi connectivity index (χ3v) is 4.63. The summed E-state index contributed by atoms with van der Waals surface area (Å²) in [6, 6.07) is 10.9. The van der Waals surface area contributed by atoms with Gasteiger partial charge in [-0.1, -0.05) is 51.1 Å². The van der Waals surface area contributed by atoms with E-state index in [4.69, 9.17) is 0 Å². The molecule has 1 aliphatic rings. The second-order valence-corrected chi connectivity index (χ2v) is 7.24. The molecule has 0 spiro atoms. The summed E-state index contributed by atoms with van der Waals surface area (Å²) in [6.45, 7) is 7.05. The first-order valence-corrected chi connectivity index (χ1v) is 7.70. The molecule has 1 aliphatic carbocycles. The first-order chi connectivity index (χ1) is 8.97. The Bertz CT molecular complexity index is 368. The van der Waals surface area contributed by atoms with Gasteiger partial charge in [-0.15, -0.1) is 0 Å². The summed E-state index contributed by atoms with van der Waals surface area (Å²) in [6.07, 6.45) is 5.61. The van der Waals surface area contributed by atoms with Crippen molar-refractivity contribution in [2.45, 2.75) is 64.9 Å². The van der Waals surface area contributed by atoms with Crippen LogP contribution in [0.25, 0.3) is 0 Å². The number of hydrogen-bond acceptors (Lipinski definition) is 1. The molecule has 1 unspecified atom stereocenters. The van der Waals surface area contributed by atoms with E-state index in [-0.39, 0.29) is 6.10 Å². The quantitative estimate of drug-likeness (QED) is 0.831. The van der Waals surface area contributed by atoms with Crippen molar-refractivity contribution in [1.29, 1.82) is 0 Å². The lowest BCUT2D eigenvalue weighted by molar-refractivity contribution is 0.0992. The Morgan fingerprint density at radius 1 is 1.05 bits per heavy atom. The maximum Gasteiger partial charge on any atom is 0.0540 e. The third-order valence-electron chi connectivity index (χ3n) is 4.63. The topological polar surface area (TPSA) is 20.2 Å². The first-order valence-electron chi connectivity index (χ1n) is 7.70. The van der Waals surface area contributed by atoms with Gasteiger partial charge in [0.05, 0.1) is 6.10 Å². The highest BCUT2D eigenvalue weighted by Gasteiger charge is 2.30. The molecule has 1 N–H and O–H groups in total. The molecule has 1 aromatic carbocycles. The van der Waals surface area contributed by atoms with Crippen molar-refractivity contribution in [3.8, 4) is 0 Å². The van der Waals surface area contributed by atoms with Gasteiger partial charge < -0.3 is 5.11 Å². The van der Waals surface area contributed by atoms with E-state index >= 15 is 0 Å². The van der Waals surface area contributed by atoms with Gasteiger partial charge in [-0.2, -0.15) is 0 Å². The van der Waals surface area contributed by atoms with Gasteiger partial charge in [-0.25, -0.2) is 0 Å². The van der Waals surface area contributed by atoms with Crippen LogP contribution in [-0.4, -0.2) is 11.2 Å². The van der Waals surface area contributed by atoms with Crippen LogP contribution in [0, 0.1) is 11.3 Å². The summed E-state index contributed by atoms with van der Waals surface area (Å²) >= 11 is 0. The average molecular weight is 260 g/mol. The molecule has 1 saturated carbocycles. The van der Waals surface area contributed by atoms with Crippen LogP contribution in [-0.2, 0) is 0 Å². The molecule has 0 saturated heterocycles. The molecule has 0 radical (unpaired) electrons. The molecule has 1 nitrogen and oxygen atoms in total. The minimum Gasteiger partial charge on any atom is -0.393 e. The van der Waals surface area contributed by atoms with Crippen LogP contribution in [0.2, 0.25) is 0 Å². The van der Waals surface area contributed by atoms with E-state index < -0.39 is 0 Å². The van der Waals surface area contributed by atoms with Crippen LogP contribution in [0.5, 0.6) is 0 Å². The van der Waals surface area contributed by atoms with Crippen molar-refractivity contribution in [1.82, 2.24) is 0 Å². The minimum absolute atomic E-state index is 0.0407. The fraction of sp³-hybridized carbons (Fsp3) is 0.667. The Morgan fingerprint density at radius 2 is 1.63 bits per heavy atom. The highest BCUT2D eigenvalue weighted by atomic mass is 16.3. The molecule has 1 aromatic rings. The Morgan fingerprint density at radius 3 is 2.16 bits per heavy atom. The van der Waals surface area contributed by atoms with Gasteiger partial charge in [0, 0.05) is 0 Å². The molecule has 1 fully saturated rings. The molecule has 0 amide bonds. The monoisotopic (exact) mass is 260 g/mol. The zero-order valence-electron chi connectivity index (χ0n) is 12.6. The van der Waals surface area contributed by atoms with E-state index in [1.54, 1.807) is 0 Å². The SMILES string of the molecule is CC(C)(C)C(CC1CCC(O)CC1)c1ccccc1. The molecule has 2 rings (SSSR count). The predicted octanol–water partition coefficient (Wildman–Crippen LogP) is 4.76. The molecule has 19 heavy (non-hydrogen) atoms. The van der Waals surface area contributed by atoms with Gasteiger partial charge in [0.15, 0.2) is 0 Å². The fourth-order valence-electron chi connectivity index (χ4n) is 3.39. The normalized spacial score (nSPS) is 26.1. The minimum atomic E-state index is -0.0407. The smallest absolute Gasteiger partial charge is 0.0540 e. The second-order valence-electron chi connectivity index (χ2n) is 7.24. The largest absolute Gasteiger partial charge is 0.393 e. The summed E-state index contributed by atoms with van der Waals surface area (Å²) in [5, 5.41) is 9.64. The predicted molar refractivity (Wildman–Crippen MR) is 81.2 cm³/mol. The van der Waals surface area contributed by atoms with Gasteiger partial charge in [-0.05, 0) is 54.9 Å². The van der Waals surface area contributed by atoms with Gasteiger partial charge in [0.2, 0.25) is 0 Å². The molecule has 0 aromatic heterocycles. The van der Waals surface area contributed by atoms with E-state index in [0.717, 1.165) is 18.8 Å². The zero-order valence-corrected chi connectivity index (χ0v) is 12.6. The maximum absolute atomic E-state index is 9.64. The van der Waals surface area contributed by atoms with Crippen LogP contribution < -0.4 is 0 Å².